The molecule has 0 aliphatic heterocycles. The Balaban J connectivity index is 2.38. The van der Waals surface area contributed by atoms with E-state index >= 15 is 0 Å². The van der Waals surface area contributed by atoms with E-state index in [1.54, 1.807) is 23.5 Å². The molecule has 0 bridgehead atoms. The molecule has 2 aromatic rings. The highest BCUT2D eigenvalue weighted by Gasteiger charge is 2.10. The lowest BCUT2D eigenvalue weighted by atomic mass is 10.2. The van der Waals surface area contributed by atoms with Crippen molar-refractivity contribution < 1.29 is 0 Å². The van der Waals surface area contributed by atoms with Crippen molar-refractivity contribution >= 4 is 43.6 Å². The maximum atomic E-state index is 8.79. The van der Waals surface area contributed by atoms with E-state index in [1.807, 2.05) is 29.5 Å². The lowest BCUT2D eigenvalue weighted by Crippen LogP contribution is -2.10. The number of anilines is 3. The van der Waals surface area contributed by atoms with Gasteiger partial charge in [-0.1, -0.05) is 0 Å². The Labute approximate surface area is 112 Å². The third kappa shape index (κ3) is 2.43. The summed E-state index contributed by atoms with van der Waals surface area (Å²) >= 11 is 5.05. The number of rotatable bonds is 2. The van der Waals surface area contributed by atoms with E-state index in [1.165, 1.54) is 0 Å². The summed E-state index contributed by atoms with van der Waals surface area (Å²) in [6, 6.07) is 9.42. The molecule has 3 nitrogen and oxygen atoms in total. The summed E-state index contributed by atoms with van der Waals surface area (Å²) in [4.78, 5) is 2.01. The molecule has 2 N–H and O–H groups in total. The topological polar surface area (TPSA) is 53.0 Å². The monoisotopic (exact) mass is 307 g/mol. The standard InChI is InChI=1S/C12H10BrN3S/c1-16(12-5-9(13)7-17-12)11-3-2-8(6-14)4-10(11)15/h2-5,7H,15H2,1H3. The van der Waals surface area contributed by atoms with Gasteiger partial charge in [0.2, 0.25) is 0 Å². The molecule has 0 atom stereocenters. The van der Waals surface area contributed by atoms with Gasteiger partial charge in [-0.3, -0.25) is 0 Å². The molecule has 86 valence electrons. The molecule has 0 amide bonds. The molecule has 1 aromatic carbocycles. The zero-order valence-corrected chi connectivity index (χ0v) is 11.5. The van der Waals surface area contributed by atoms with Crippen molar-refractivity contribution in [3.05, 3.63) is 39.7 Å². The van der Waals surface area contributed by atoms with Crippen LogP contribution in [-0.2, 0) is 0 Å². The highest BCUT2D eigenvalue weighted by Crippen LogP contribution is 2.35. The van der Waals surface area contributed by atoms with Crippen LogP contribution in [0.1, 0.15) is 5.56 Å². The first-order chi connectivity index (χ1) is 8.11. The summed E-state index contributed by atoms with van der Waals surface area (Å²) in [6.07, 6.45) is 0. The Morgan fingerprint density at radius 3 is 2.71 bits per heavy atom. The van der Waals surface area contributed by atoms with Crippen LogP contribution in [0.2, 0.25) is 0 Å². The predicted molar refractivity (Wildman–Crippen MR) is 75.7 cm³/mol. The molecular weight excluding hydrogens is 298 g/mol. The van der Waals surface area contributed by atoms with E-state index in [2.05, 4.69) is 22.0 Å². The molecule has 0 radical (unpaired) electrons. The molecule has 0 fully saturated rings. The van der Waals surface area contributed by atoms with Gasteiger partial charge in [-0.25, -0.2) is 0 Å². The normalized spacial score (nSPS) is 9.94. The number of nitrogens with zero attached hydrogens (tertiary/aromatic N) is 2. The molecule has 0 aliphatic rings. The first-order valence-electron chi connectivity index (χ1n) is 4.89. The Morgan fingerprint density at radius 2 is 2.18 bits per heavy atom. The number of benzene rings is 1. The molecular formula is C12H10BrN3S. The van der Waals surface area contributed by atoms with Gasteiger partial charge in [-0.2, -0.15) is 5.26 Å². The second-order valence-electron chi connectivity index (χ2n) is 3.55. The Hall–Kier alpha value is -1.51. The Morgan fingerprint density at radius 1 is 1.41 bits per heavy atom. The first-order valence-corrected chi connectivity index (χ1v) is 6.56. The fourth-order valence-electron chi connectivity index (χ4n) is 1.53. The van der Waals surface area contributed by atoms with E-state index < -0.39 is 0 Å². The Kier molecular flexibility index (Phi) is 3.36. The van der Waals surface area contributed by atoms with Crippen molar-refractivity contribution in [2.45, 2.75) is 0 Å². The molecule has 0 unspecified atom stereocenters. The van der Waals surface area contributed by atoms with E-state index in [0.717, 1.165) is 15.2 Å². The number of thiophene rings is 1. The third-order valence-corrected chi connectivity index (χ3v) is 4.17. The van der Waals surface area contributed by atoms with E-state index in [0.29, 0.717) is 11.3 Å². The van der Waals surface area contributed by atoms with Gasteiger partial charge in [-0.15, -0.1) is 11.3 Å². The summed E-state index contributed by atoms with van der Waals surface area (Å²) in [6.45, 7) is 0. The molecule has 0 saturated carbocycles. The van der Waals surface area contributed by atoms with E-state index in [-0.39, 0.29) is 0 Å². The van der Waals surface area contributed by atoms with E-state index in [9.17, 15) is 0 Å². The maximum Gasteiger partial charge on any atom is 0.0992 e. The minimum atomic E-state index is 0.576. The van der Waals surface area contributed by atoms with Gasteiger partial charge in [0.05, 0.1) is 28.0 Å². The number of halogens is 1. The van der Waals surface area contributed by atoms with Crippen LogP contribution in [0.3, 0.4) is 0 Å². The van der Waals surface area contributed by atoms with Crippen LogP contribution in [0.5, 0.6) is 0 Å². The number of nitriles is 1. The predicted octanol–water partition coefficient (Wildman–Crippen LogP) is 3.73. The minimum Gasteiger partial charge on any atom is -0.397 e. The second kappa shape index (κ2) is 4.78. The van der Waals surface area contributed by atoms with Gasteiger partial charge in [0.15, 0.2) is 0 Å². The van der Waals surface area contributed by atoms with Crippen molar-refractivity contribution in [2.75, 3.05) is 17.7 Å². The quantitative estimate of drug-likeness (QED) is 0.860. The third-order valence-electron chi connectivity index (χ3n) is 2.40. The van der Waals surface area contributed by atoms with Crippen molar-refractivity contribution in [3.63, 3.8) is 0 Å². The highest BCUT2D eigenvalue weighted by atomic mass is 79.9. The smallest absolute Gasteiger partial charge is 0.0992 e. The largest absolute Gasteiger partial charge is 0.397 e. The zero-order chi connectivity index (χ0) is 12.4. The number of nitrogen functional groups attached to an aromatic ring is 1. The number of hydrogen-bond acceptors (Lipinski definition) is 4. The zero-order valence-electron chi connectivity index (χ0n) is 9.14. The summed E-state index contributed by atoms with van der Waals surface area (Å²) in [7, 11) is 1.95. The van der Waals surface area contributed by atoms with Crippen LogP contribution in [-0.4, -0.2) is 7.05 Å². The summed E-state index contributed by atoms with van der Waals surface area (Å²) < 4.78 is 1.05. The second-order valence-corrected chi connectivity index (χ2v) is 5.35. The van der Waals surface area contributed by atoms with E-state index in [4.69, 9.17) is 11.0 Å². The van der Waals surface area contributed by atoms with Crippen LogP contribution in [0.25, 0.3) is 0 Å². The van der Waals surface area contributed by atoms with Gasteiger partial charge in [-0.05, 0) is 40.2 Å². The fourth-order valence-corrected chi connectivity index (χ4v) is 2.93. The maximum absolute atomic E-state index is 8.79. The van der Waals surface area contributed by atoms with Crippen molar-refractivity contribution in [1.82, 2.24) is 0 Å². The van der Waals surface area contributed by atoms with Crippen molar-refractivity contribution in [3.8, 4) is 6.07 Å². The molecule has 0 saturated heterocycles. The Bertz CT molecular complexity index is 586. The lowest BCUT2D eigenvalue weighted by Gasteiger charge is -2.19. The molecule has 1 heterocycles. The summed E-state index contributed by atoms with van der Waals surface area (Å²) in [5.41, 5.74) is 8.03. The lowest BCUT2D eigenvalue weighted by molar-refractivity contribution is 1.24. The minimum absolute atomic E-state index is 0.576. The summed E-state index contributed by atoms with van der Waals surface area (Å²) in [5, 5.41) is 11.9. The highest BCUT2D eigenvalue weighted by molar-refractivity contribution is 9.10. The van der Waals surface area contributed by atoms with Crippen molar-refractivity contribution in [2.24, 2.45) is 0 Å². The number of nitrogens with two attached hydrogens (primary N) is 1. The molecule has 17 heavy (non-hydrogen) atoms. The molecule has 0 aliphatic carbocycles. The van der Waals surface area contributed by atoms with Gasteiger partial charge >= 0.3 is 0 Å². The van der Waals surface area contributed by atoms with Gasteiger partial charge in [0.1, 0.15) is 0 Å². The average molecular weight is 308 g/mol. The number of hydrogen-bond donors (Lipinski definition) is 1. The van der Waals surface area contributed by atoms with Crippen LogP contribution in [0, 0.1) is 11.3 Å². The van der Waals surface area contributed by atoms with Gasteiger partial charge in [0, 0.05) is 16.9 Å². The first kappa shape index (κ1) is 12.0. The molecule has 2 rings (SSSR count). The van der Waals surface area contributed by atoms with Crippen LogP contribution in [0.15, 0.2) is 34.1 Å². The van der Waals surface area contributed by atoms with Crippen LogP contribution < -0.4 is 10.6 Å². The molecule has 1 aromatic heterocycles. The van der Waals surface area contributed by atoms with Gasteiger partial charge in [0.25, 0.3) is 0 Å². The molecule has 0 spiro atoms. The SMILES string of the molecule is CN(c1cc(Br)cs1)c1ccc(C#N)cc1N. The average Bonchev–Trinajstić information content (AvgIpc) is 2.75. The summed E-state index contributed by atoms with van der Waals surface area (Å²) in [5.74, 6) is 0. The van der Waals surface area contributed by atoms with Crippen molar-refractivity contribution in [1.29, 1.82) is 5.26 Å². The van der Waals surface area contributed by atoms with Gasteiger partial charge < -0.3 is 10.6 Å². The van der Waals surface area contributed by atoms with Crippen LogP contribution in [0.4, 0.5) is 16.4 Å². The van der Waals surface area contributed by atoms with Crippen LogP contribution >= 0.6 is 27.3 Å². The fraction of sp³-hybridized carbons (Fsp3) is 0.0833. The molecule has 5 heteroatoms.